The van der Waals surface area contributed by atoms with Crippen LogP contribution in [-0.2, 0) is 10.0 Å². The lowest BCUT2D eigenvalue weighted by Crippen LogP contribution is -2.35. The zero-order valence-electron chi connectivity index (χ0n) is 13.5. The molecular formula is C17H20N4O2S. The van der Waals surface area contributed by atoms with Gasteiger partial charge in [0.05, 0.1) is 12.3 Å². The molecule has 7 heteroatoms. The molecule has 2 aromatic rings. The van der Waals surface area contributed by atoms with Crippen LogP contribution in [0.1, 0.15) is 11.6 Å². The van der Waals surface area contributed by atoms with Crippen LogP contribution in [0.4, 0.5) is 5.95 Å². The molecule has 0 aliphatic carbocycles. The number of rotatable bonds is 3. The van der Waals surface area contributed by atoms with E-state index in [0.29, 0.717) is 12.5 Å². The summed E-state index contributed by atoms with van der Waals surface area (Å²) in [5, 5.41) is 0. The second kappa shape index (κ2) is 5.82. The number of anilines is 1. The second-order valence-corrected chi connectivity index (χ2v) is 8.50. The molecule has 1 aromatic carbocycles. The molecule has 126 valence electrons. The maximum Gasteiger partial charge on any atom is 0.225 e. The zero-order chi connectivity index (χ0) is 16.7. The van der Waals surface area contributed by atoms with Crippen molar-refractivity contribution in [3.05, 3.63) is 54.4 Å². The van der Waals surface area contributed by atoms with E-state index in [0.717, 1.165) is 24.6 Å². The number of sulfonamides is 1. The topological polar surface area (TPSA) is 66.4 Å². The third kappa shape index (κ3) is 2.67. The van der Waals surface area contributed by atoms with Gasteiger partial charge in [0.25, 0.3) is 0 Å². The van der Waals surface area contributed by atoms with Gasteiger partial charge in [0.15, 0.2) is 0 Å². The van der Waals surface area contributed by atoms with Crippen molar-refractivity contribution in [1.82, 2.24) is 14.3 Å². The quantitative estimate of drug-likeness (QED) is 0.845. The van der Waals surface area contributed by atoms with Gasteiger partial charge in [0, 0.05) is 37.9 Å². The Balaban J connectivity index is 1.67. The van der Waals surface area contributed by atoms with E-state index in [1.54, 1.807) is 22.8 Å². The lowest BCUT2D eigenvalue weighted by Gasteiger charge is -2.28. The van der Waals surface area contributed by atoms with E-state index in [4.69, 9.17) is 0 Å². The smallest absolute Gasteiger partial charge is 0.225 e. The Labute approximate surface area is 142 Å². The van der Waals surface area contributed by atoms with Gasteiger partial charge in [-0.25, -0.2) is 18.4 Å². The van der Waals surface area contributed by atoms with Crippen molar-refractivity contribution < 1.29 is 8.42 Å². The zero-order valence-corrected chi connectivity index (χ0v) is 14.3. The molecule has 0 N–H and O–H groups in total. The maximum atomic E-state index is 12.3. The molecular weight excluding hydrogens is 324 g/mol. The standard InChI is InChI=1S/C17H20N4O2S/c1-24(22,23)21-11-14-10-20(17-18-8-5-9-19-17)12-15(14)16(21)13-6-3-2-4-7-13/h2-9,14-16H,10-12H2,1H3/t14-,15-,16+/m1/s1. The highest BCUT2D eigenvalue weighted by Crippen LogP contribution is 2.46. The van der Waals surface area contributed by atoms with E-state index in [1.807, 2.05) is 30.3 Å². The number of hydrogen-bond acceptors (Lipinski definition) is 5. The van der Waals surface area contributed by atoms with Gasteiger partial charge >= 0.3 is 0 Å². The van der Waals surface area contributed by atoms with E-state index in [-0.39, 0.29) is 12.0 Å². The molecule has 0 radical (unpaired) electrons. The van der Waals surface area contributed by atoms with E-state index < -0.39 is 10.0 Å². The summed E-state index contributed by atoms with van der Waals surface area (Å²) in [7, 11) is -3.24. The molecule has 24 heavy (non-hydrogen) atoms. The molecule has 0 spiro atoms. The predicted octanol–water partition coefficient (Wildman–Crippen LogP) is 1.55. The van der Waals surface area contributed by atoms with Crippen LogP contribution in [-0.4, -0.2) is 48.6 Å². The van der Waals surface area contributed by atoms with Gasteiger partial charge in [0.2, 0.25) is 16.0 Å². The molecule has 0 amide bonds. The van der Waals surface area contributed by atoms with Gasteiger partial charge in [-0.15, -0.1) is 0 Å². The highest BCUT2D eigenvalue weighted by molar-refractivity contribution is 7.88. The van der Waals surface area contributed by atoms with Crippen LogP contribution in [0.25, 0.3) is 0 Å². The monoisotopic (exact) mass is 344 g/mol. The van der Waals surface area contributed by atoms with Crippen molar-refractivity contribution in [2.24, 2.45) is 11.8 Å². The van der Waals surface area contributed by atoms with Crippen molar-refractivity contribution in [1.29, 1.82) is 0 Å². The van der Waals surface area contributed by atoms with Crippen molar-refractivity contribution in [3.63, 3.8) is 0 Å². The predicted molar refractivity (Wildman–Crippen MR) is 92.0 cm³/mol. The summed E-state index contributed by atoms with van der Waals surface area (Å²) in [6, 6.07) is 11.6. The van der Waals surface area contributed by atoms with E-state index >= 15 is 0 Å². The van der Waals surface area contributed by atoms with Gasteiger partial charge < -0.3 is 4.90 Å². The molecule has 0 bridgehead atoms. The maximum absolute atomic E-state index is 12.3. The summed E-state index contributed by atoms with van der Waals surface area (Å²) in [5.74, 6) is 1.28. The van der Waals surface area contributed by atoms with Crippen LogP contribution in [0.2, 0.25) is 0 Å². The number of aromatic nitrogens is 2. The number of fused-ring (bicyclic) bond motifs is 1. The number of hydrogen-bond donors (Lipinski definition) is 0. The molecule has 2 aliphatic heterocycles. The highest BCUT2D eigenvalue weighted by atomic mass is 32.2. The number of nitrogens with zero attached hydrogens (tertiary/aromatic N) is 4. The Bertz CT molecular complexity index is 813. The first-order valence-electron chi connectivity index (χ1n) is 8.08. The van der Waals surface area contributed by atoms with E-state index in [2.05, 4.69) is 14.9 Å². The van der Waals surface area contributed by atoms with Gasteiger partial charge in [0.1, 0.15) is 0 Å². The van der Waals surface area contributed by atoms with Crippen molar-refractivity contribution in [2.45, 2.75) is 6.04 Å². The molecule has 1 aromatic heterocycles. The first-order valence-corrected chi connectivity index (χ1v) is 9.92. The Morgan fingerprint density at radius 2 is 1.71 bits per heavy atom. The SMILES string of the molecule is CS(=O)(=O)N1C[C@H]2CN(c3ncccn3)C[C@H]2[C@@H]1c1ccccc1. The van der Waals surface area contributed by atoms with Crippen LogP contribution < -0.4 is 4.90 Å². The molecule has 3 atom stereocenters. The highest BCUT2D eigenvalue weighted by Gasteiger charge is 2.50. The van der Waals surface area contributed by atoms with E-state index in [1.165, 1.54) is 6.26 Å². The summed E-state index contributed by atoms with van der Waals surface area (Å²) in [4.78, 5) is 10.8. The minimum Gasteiger partial charge on any atom is -0.340 e. The Morgan fingerprint density at radius 3 is 2.38 bits per heavy atom. The van der Waals surface area contributed by atoms with Crippen molar-refractivity contribution in [2.75, 3.05) is 30.8 Å². The summed E-state index contributed by atoms with van der Waals surface area (Å²) < 4.78 is 26.2. The van der Waals surface area contributed by atoms with Crippen molar-refractivity contribution >= 4 is 16.0 Å². The summed E-state index contributed by atoms with van der Waals surface area (Å²) >= 11 is 0. The van der Waals surface area contributed by atoms with Gasteiger partial charge in [-0.2, -0.15) is 4.31 Å². The van der Waals surface area contributed by atoms with Crippen molar-refractivity contribution in [3.8, 4) is 0 Å². The third-order valence-corrected chi connectivity index (χ3v) is 6.25. The normalized spacial score (nSPS) is 27.4. The summed E-state index contributed by atoms with van der Waals surface area (Å²) in [6.45, 7) is 2.14. The average Bonchev–Trinajstić information content (AvgIpc) is 3.14. The van der Waals surface area contributed by atoms with Gasteiger partial charge in [-0.3, -0.25) is 0 Å². The summed E-state index contributed by atoms with van der Waals surface area (Å²) in [6.07, 6.45) is 4.80. The Morgan fingerprint density at radius 1 is 1.00 bits per heavy atom. The fraction of sp³-hybridized carbons (Fsp3) is 0.412. The Hall–Kier alpha value is -1.99. The molecule has 0 unspecified atom stereocenters. The van der Waals surface area contributed by atoms with Crippen LogP contribution >= 0.6 is 0 Å². The molecule has 6 nitrogen and oxygen atoms in total. The second-order valence-electron chi connectivity index (χ2n) is 6.57. The molecule has 0 saturated carbocycles. The molecule has 2 aliphatic rings. The van der Waals surface area contributed by atoms with E-state index in [9.17, 15) is 8.42 Å². The first-order chi connectivity index (χ1) is 11.5. The minimum absolute atomic E-state index is 0.111. The fourth-order valence-electron chi connectivity index (χ4n) is 4.03. The molecule has 2 saturated heterocycles. The molecule has 2 fully saturated rings. The minimum atomic E-state index is -3.24. The third-order valence-electron chi connectivity index (χ3n) is 5.02. The summed E-state index contributed by atoms with van der Waals surface area (Å²) in [5.41, 5.74) is 1.06. The number of benzene rings is 1. The van der Waals surface area contributed by atoms with Crippen LogP contribution in [0.3, 0.4) is 0 Å². The van der Waals surface area contributed by atoms with Gasteiger partial charge in [-0.1, -0.05) is 30.3 Å². The lowest BCUT2D eigenvalue weighted by molar-refractivity contribution is 0.351. The molecule has 3 heterocycles. The lowest BCUT2D eigenvalue weighted by atomic mass is 9.90. The van der Waals surface area contributed by atoms with Crippen LogP contribution in [0.5, 0.6) is 0 Å². The fourth-order valence-corrected chi connectivity index (χ4v) is 5.18. The van der Waals surface area contributed by atoms with Crippen LogP contribution in [0, 0.1) is 11.8 Å². The van der Waals surface area contributed by atoms with Gasteiger partial charge in [-0.05, 0) is 17.5 Å². The van der Waals surface area contributed by atoms with Crippen LogP contribution in [0.15, 0.2) is 48.8 Å². The average molecular weight is 344 g/mol. The first kappa shape index (κ1) is 15.5. The Kier molecular flexibility index (Phi) is 3.77. The largest absolute Gasteiger partial charge is 0.340 e. The molecule has 4 rings (SSSR count).